The number of fused-ring (bicyclic) bond motifs is 5. The molecule has 3 fully saturated rings. The Morgan fingerprint density at radius 2 is 1.86 bits per heavy atom. The first-order chi connectivity index (χ1) is 21.0. The molecule has 3 aliphatic carbocycles. The Kier molecular flexibility index (Phi) is 8.75. The summed E-state index contributed by atoms with van der Waals surface area (Å²) in [7, 11) is 3.15. The number of nitrogens with zero attached hydrogens (tertiary/aromatic N) is 4. The highest BCUT2D eigenvalue weighted by molar-refractivity contribution is 6.13. The fourth-order valence-electron chi connectivity index (χ4n) is 6.12. The van der Waals surface area contributed by atoms with E-state index in [4.69, 9.17) is 21.3 Å². The maximum atomic E-state index is 13.9. The normalized spacial score (nSPS) is 22.0. The van der Waals surface area contributed by atoms with Crippen molar-refractivity contribution in [3.63, 3.8) is 0 Å². The number of hydrogen-bond donors (Lipinski definition) is 3. The average Bonchev–Trinajstić information content (AvgIpc) is 3.42. The van der Waals surface area contributed by atoms with Crippen LogP contribution in [0.25, 0.3) is 5.65 Å². The van der Waals surface area contributed by atoms with Crippen molar-refractivity contribution in [1.82, 2.24) is 24.8 Å². The Bertz CT molecular complexity index is 1600. The maximum Gasteiger partial charge on any atom is 0.354 e. The molecule has 2 aromatic heterocycles. The van der Waals surface area contributed by atoms with Crippen LogP contribution in [0.4, 0.5) is 10.1 Å². The quantitative estimate of drug-likeness (QED) is 0.261. The Balaban J connectivity index is 0.000000215. The Hall–Kier alpha value is -4.30. The van der Waals surface area contributed by atoms with Crippen molar-refractivity contribution in [3.8, 4) is 5.75 Å². The number of hydrogen-bond acceptors (Lipinski definition) is 9. The van der Waals surface area contributed by atoms with E-state index in [9.17, 15) is 28.7 Å². The number of anilines is 1. The zero-order valence-corrected chi connectivity index (χ0v) is 24.9. The second-order valence-electron chi connectivity index (χ2n) is 11.4. The van der Waals surface area contributed by atoms with E-state index >= 15 is 0 Å². The van der Waals surface area contributed by atoms with Crippen LogP contribution in [-0.2, 0) is 20.9 Å². The van der Waals surface area contributed by atoms with Gasteiger partial charge in [-0.25, -0.2) is 23.5 Å². The Morgan fingerprint density at radius 3 is 2.50 bits per heavy atom. The number of esters is 1. The van der Waals surface area contributed by atoms with Gasteiger partial charge < -0.3 is 24.8 Å². The molecular formula is C29H32ClFN6O7. The van der Waals surface area contributed by atoms with E-state index in [1.54, 1.807) is 11.9 Å². The van der Waals surface area contributed by atoms with E-state index in [-0.39, 0.29) is 35.2 Å². The van der Waals surface area contributed by atoms with Gasteiger partial charge in [0.15, 0.2) is 23.8 Å². The number of carboxylic acids is 1. The summed E-state index contributed by atoms with van der Waals surface area (Å²) < 4.78 is 25.1. The number of ether oxygens (including phenoxy) is 2. The molecule has 0 unspecified atom stereocenters. The molecule has 3 N–H and O–H groups in total. The number of nitrogens with one attached hydrogen (secondary N) is 2. The number of carboxylic acid groups (broad SMARTS) is 1. The van der Waals surface area contributed by atoms with Gasteiger partial charge in [0.05, 0.1) is 24.4 Å². The monoisotopic (exact) mass is 630 g/mol. The van der Waals surface area contributed by atoms with E-state index in [1.807, 2.05) is 18.2 Å². The smallest absolute Gasteiger partial charge is 0.354 e. The number of carbonyl (C=O) groups is 4. The van der Waals surface area contributed by atoms with Gasteiger partial charge in [0.1, 0.15) is 11.4 Å². The molecule has 2 amide bonds. The first-order valence-corrected chi connectivity index (χ1v) is 14.4. The lowest BCUT2D eigenvalue weighted by molar-refractivity contribution is -0.162. The highest BCUT2D eigenvalue weighted by Crippen LogP contribution is 2.57. The second-order valence-corrected chi connectivity index (χ2v) is 11.6. The maximum absolute atomic E-state index is 13.9. The van der Waals surface area contributed by atoms with Crippen molar-refractivity contribution in [2.24, 2.45) is 10.8 Å². The van der Waals surface area contributed by atoms with Crippen molar-refractivity contribution in [3.05, 3.63) is 53.2 Å². The number of methoxy groups -OCH3 is 1. The summed E-state index contributed by atoms with van der Waals surface area (Å²) >= 11 is 5.42. The number of benzene rings is 1. The molecule has 0 radical (unpaired) electrons. The summed E-state index contributed by atoms with van der Waals surface area (Å²) in [4.78, 5) is 55.4. The van der Waals surface area contributed by atoms with Gasteiger partial charge in [-0.15, -0.1) is 0 Å². The zero-order valence-electron chi connectivity index (χ0n) is 24.2. The highest BCUT2D eigenvalue weighted by atomic mass is 35.5. The van der Waals surface area contributed by atoms with Gasteiger partial charge in [-0.05, 0) is 73.4 Å². The molecule has 3 saturated carbocycles. The fourth-order valence-corrected chi connectivity index (χ4v) is 6.28. The first kappa shape index (κ1) is 31.1. The minimum atomic E-state index is -1.36. The molecule has 44 heavy (non-hydrogen) atoms. The topological polar surface area (TPSA) is 164 Å². The lowest BCUT2D eigenvalue weighted by Crippen LogP contribution is -2.50. The van der Waals surface area contributed by atoms with Gasteiger partial charge >= 0.3 is 11.9 Å². The van der Waals surface area contributed by atoms with E-state index in [0.717, 1.165) is 72.3 Å². The van der Waals surface area contributed by atoms with Crippen LogP contribution in [0.1, 0.15) is 65.1 Å². The van der Waals surface area contributed by atoms with Crippen molar-refractivity contribution in [1.29, 1.82) is 0 Å². The molecule has 1 aliphatic heterocycles. The second kappa shape index (κ2) is 12.4. The predicted molar refractivity (Wildman–Crippen MR) is 155 cm³/mol. The summed E-state index contributed by atoms with van der Waals surface area (Å²) in [5.74, 6) is -2.18. The van der Waals surface area contributed by atoms with Crippen molar-refractivity contribution >= 4 is 46.9 Å². The number of aromatic carboxylic acids is 1. The Morgan fingerprint density at radius 1 is 1.16 bits per heavy atom. The summed E-state index contributed by atoms with van der Waals surface area (Å²) in [6, 6.07) is 6.74. The standard InChI is InChI=1S/C19H21FN4O5.C10H11ClN2O2/c1-29-17(28)19-5-2-18(3-6-19,4-7-19)10-21-15(25)13-8-12(16(26)27)23-14-11(20)9-22-24(13)14;1-13-8-4-7(5-12-11)2-3-9(8)15-6-10(13)14/h8-9H,2-7,10H2,1H3,(H,21,25)(H,26,27);2-4,12H,5-6H2,1H3. The lowest BCUT2D eigenvalue weighted by Gasteiger charge is -2.51. The molecule has 2 bridgehead atoms. The van der Waals surface area contributed by atoms with Gasteiger partial charge in [-0.2, -0.15) is 5.10 Å². The molecule has 13 nitrogen and oxygen atoms in total. The average molecular weight is 631 g/mol. The van der Waals surface area contributed by atoms with Gasteiger partial charge in [0.25, 0.3) is 11.8 Å². The fraction of sp³-hybridized carbons (Fsp3) is 0.448. The van der Waals surface area contributed by atoms with Crippen LogP contribution in [0.2, 0.25) is 0 Å². The third-order valence-electron chi connectivity index (χ3n) is 8.91. The molecule has 3 aromatic rings. The highest BCUT2D eigenvalue weighted by Gasteiger charge is 2.53. The minimum absolute atomic E-state index is 0.0431. The SMILES string of the molecule is CN1C(=O)COc2ccc(CNCl)cc21.COC(=O)C12CCC(CNC(=O)c3cc(C(=O)O)nc4c(F)cnn34)(CC1)CC2. The van der Waals surface area contributed by atoms with Gasteiger partial charge in [-0.1, -0.05) is 6.07 Å². The number of likely N-dealkylation sites (N-methyl/N-ethyl adjacent to an activating group) is 1. The summed E-state index contributed by atoms with van der Waals surface area (Å²) in [6.45, 7) is 1.05. The van der Waals surface area contributed by atoms with E-state index in [1.165, 1.54) is 7.11 Å². The van der Waals surface area contributed by atoms with Gasteiger partial charge in [0, 0.05) is 26.2 Å². The molecular weight excluding hydrogens is 599 g/mol. The number of halogens is 2. The zero-order chi connectivity index (χ0) is 31.6. The molecule has 15 heteroatoms. The molecule has 4 aliphatic rings. The van der Waals surface area contributed by atoms with Gasteiger partial charge in [0.2, 0.25) is 0 Å². The van der Waals surface area contributed by atoms with Crippen LogP contribution >= 0.6 is 11.8 Å². The molecule has 3 heterocycles. The number of rotatable bonds is 7. The van der Waals surface area contributed by atoms with E-state index < -0.39 is 28.8 Å². The molecule has 7 rings (SSSR count). The Labute approximate surface area is 256 Å². The van der Waals surface area contributed by atoms with Crippen LogP contribution in [0.5, 0.6) is 5.75 Å². The molecule has 0 saturated heterocycles. The minimum Gasteiger partial charge on any atom is -0.482 e. The number of carbonyl (C=O) groups excluding carboxylic acids is 3. The molecule has 234 valence electrons. The molecule has 0 spiro atoms. The van der Waals surface area contributed by atoms with Crippen LogP contribution in [0, 0.1) is 16.6 Å². The number of aromatic nitrogens is 3. The summed E-state index contributed by atoms with van der Waals surface area (Å²) in [6.07, 6.45) is 5.45. The summed E-state index contributed by atoms with van der Waals surface area (Å²) in [5.41, 5.74) is 0.446. The van der Waals surface area contributed by atoms with E-state index in [2.05, 4.69) is 20.2 Å². The predicted octanol–water partition coefficient (Wildman–Crippen LogP) is 3.10. The lowest BCUT2D eigenvalue weighted by atomic mass is 9.53. The number of amides is 2. The van der Waals surface area contributed by atoms with Crippen LogP contribution < -0.4 is 19.8 Å². The van der Waals surface area contributed by atoms with Crippen LogP contribution in [-0.4, -0.2) is 70.8 Å². The van der Waals surface area contributed by atoms with Crippen LogP contribution in [0.3, 0.4) is 0 Å². The van der Waals surface area contributed by atoms with Crippen LogP contribution in [0.15, 0.2) is 30.5 Å². The molecule has 1 aromatic carbocycles. The van der Waals surface area contributed by atoms with Crippen molar-refractivity contribution in [2.75, 3.05) is 32.2 Å². The summed E-state index contributed by atoms with van der Waals surface area (Å²) in [5, 5.41) is 15.8. The van der Waals surface area contributed by atoms with Gasteiger partial charge in [-0.3, -0.25) is 14.4 Å². The third-order valence-corrected chi connectivity index (χ3v) is 9.04. The third kappa shape index (κ3) is 5.91. The first-order valence-electron chi connectivity index (χ1n) is 14.0. The van der Waals surface area contributed by atoms with Crippen molar-refractivity contribution in [2.45, 2.75) is 45.1 Å². The largest absolute Gasteiger partial charge is 0.482 e. The van der Waals surface area contributed by atoms with E-state index in [0.29, 0.717) is 13.1 Å². The van der Waals surface area contributed by atoms with Crippen molar-refractivity contribution < 1.29 is 38.1 Å². The molecule has 0 atom stereocenters.